The Hall–Kier alpha value is -0.960. The van der Waals surface area contributed by atoms with Gasteiger partial charge >= 0.3 is 0 Å². The molecule has 0 heterocycles. The van der Waals surface area contributed by atoms with E-state index < -0.39 is 0 Å². The van der Waals surface area contributed by atoms with Crippen LogP contribution in [0, 0.1) is 0 Å². The van der Waals surface area contributed by atoms with Crippen LogP contribution in [0.5, 0.6) is 5.75 Å². The number of amides is 1. The fourth-order valence-corrected chi connectivity index (χ4v) is 4.60. The third kappa shape index (κ3) is 7.05. The molecule has 0 aliphatic rings. The second-order valence-electron chi connectivity index (χ2n) is 4.72. The van der Waals surface area contributed by atoms with E-state index in [1.807, 2.05) is 48.5 Å². The lowest BCUT2D eigenvalue weighted by molar-refractivity contribution is -0.123. The zero-order valence-electron chi connectivity index (χ0n) is 12.7. The fourth-order valence-electron chi connectivity index (χ4n) is 1.75. The molecule has 0 radical (unpaired) electrons. The van der Waals surface area contributed by atoms with Crippen LogP contribution in [0.2, 0.25) is 0 Å². The van der Waals surface area contributed by atoms with Crippen LogP contribution in [0.25, 0.3) is 6.08 Å². The van der Waals surface area contributed by atoms with Crippen molar-refractivity contribution in [3.63, 3.8) is 0 Å². The fraction of sp³-hybridized carbons (Fsp3) is 0.0588. The number of rotatable bonds is 6. The van der Waals surface area contributed by atoms with Gasteiger partial charge in [-0.1, -0.05) is 46.3 Å². The molecule has 4 nitrogen and oxygen atoms in total. The van der Waals surface area contributed by atoms with Gasteiger partial charge in [-0.3, -0.25) is 4.79 Å². The molecule has 0 aromatic heterocycles. The van der Waals surface area contributed by atoms with Crippen molar-refractivity contribution in [3.8, 4) is 5.75 Å². The van der Waals surface area contributed by atoms with Crippen molar-refractivity contribution >= 4 is 81.9 Å². The molecule has 130 valence electrons. The molecule has 0 aliphatic heterocycles. The predicted octanol–water partition coefficient (Wildman–Crippen LogP) is 5.89. The maximum Gasteiger partial charge on any atom is 0.277 e. The summed E-state index contributed by atoms with van der Waals surface area (Å²) in [5.74, 6) is 0.186. The Labute approximate surface area is 179 Å². The lowest BCUT2D eigenvalue weighted by Gasteiger charge is -2.09. The lowest BCUT2D eigenvalue weighted by Crippen LogP contribution is -2.24. The first-order valence-corrected chi connectivity index (χ1v) is 10.1. The zero-order chi connectivity index (χ0) is 18.2. The third-order valence-corrected chi connectivity index (χ3v) is 4.86. The normalized spacial score (nSPS) is 11.6. The monoisotopic (exact) mass is 592 g/mol. The van der Waals surface area contributed by atoms with Gasteiger partial charge in [0.1, 0.15) is 5.75 Å². The van der Waals surface area contributed by atoms with Gasteiger partial charge < -0.3 is 4.74 Å². The Morgan fingerprint density at radius 1 is 1.12 bits per heavy atom. The average molecular weight is 596 g/mol. The van der Waals surface area contributed by atoms with Gasteiger partial charge in [-0.2, -0.15) is 5.10 Å². The average Bonchev–Trinajstić information content (AvgIpc) is 2.54. The standard InChI is InChI=1S/C17H12Br4N2O2/c18-12-7-14(20)17(15(21)8-12)25-10-16(24)23-22-9-13(19)6-11-4-2-1-3-5-11/h1-9H,10H2,(H,23,24). The molecule has 1 N–H and O–H groups in total. The largest absolute Gasteiger partial charge is 0.481 e. The number of hydrogen-bond donors (Lipinski definition) is 1. The van der Waals surface area contributed by atoms with E-state index in [1.54, 1.807) is 0 Å². The Balaban J connectivity index is 1.86. The number of carbonyl (C=O) groups is 1. The summed E-state index contributed by atoms with van der Waals surface area (Å²) in [6.07, 6.45) is 3.40. The summed E-state index contributed by atoms with van der Waals surface area (Å²) in [7, 11) is 0. The minimum absolute atomic E-state index is 0.157. The van der Waals surface area contributed by atoms with E-state index in [9.17, 15) is 4.79 Å². The van der Waals surface area contributed by atoms with Gasteiger partial charge in [0.05, 0.1) is 15.2 Å². The summed E-state index contributed by atoms with van der Waals surface area (Å²) in [5.41, 5.74) is 3.44. The molecule has 0 unspecified atom stereocenters. The van der Waals surface area contributed by atoms with Gasteiger partial charge in [0.2, 0.25) is 0 Å². The summed E-state index contributed by atoms with van der Waals surface area (Å²) in [4.78, 5) is 11.8. The second-order valence-corrected chi connectivity index (χ2v) is 8.26. The van der Waals surface area contributed by atoms with Crippen molar-refractivity contribution in [2.75, 3.05) is 6.61 Å². The number of hydrogen-bond acceptors (Lipinski definition) is 3. The molecule has 0 bridgehead atoms. The highest BCUT2D eigenvalue weighted by molar-refractivity contribution is 9.12. The van der Waals surface area contributed by atoms with E-state index in [1.165, 1.54) is 6.21 Å². The molecule has 0 spiro atoms. The van der Waals surface area contributed by atoms with Crippen molar-refractivity contribution in [2.45, 2.75) is 0 Å². The van der Waals surface area contributed by atoms with Crippen LogP contribution in [0.3, 0.4) is 0 Å². The van der Waals surface area contributed by atoms with Crippen molar-refractivity contribution in [2.24, 2.45) is 5.10 Å². The van der Waals surface area contributed by atoms with E-state index in [4.69, 9.17) is 4.74 Å². The molecule has 8 heteroatoms. The summed E-state index contributed by atoms with van der Waals surface area (Å²) < 4.78 is 8.61. The van der Waals surface area contributed by atoms with Crippen molar-refractivity contribution in [3.05, 3.63) is 65.9 Å². The van der Waals surface area contributed by atoms with Crippen LogP contribution in [-0.4, -0.2) is 18.7 Å². The summed E-state index contributed by atoms with van der Waals surface area (Å²) in [6, 6.07) is 13.4. The van der Waals surface area contributed by atoms with Crippen LogP contribution in [0.4, 0.5) is 0 Å². The molecular formula is C17H12Br4N2O2. The quantitative estimate of drug-likeness (QED) is 0.335. The first kappa shape index (κ1) is 20.4. The minimum atomic E-state index is -0.363. The second kappa shape index (κ2) is 10.3. The molecule has 2 aromatic carbocycles. The van der Waals surface area contributed by atoms with Gasteiger partial charge in [0, 0.05) is 8.96 Å². The van der Waals surface area contributed by atoms with Crippen LogP contribution >= 0.6 is 63.7 Å². The van der Waals surface area contributed by atoms with E-state index in [-0.39, 0.29) is 12.5 Å². The highest BCUT2D eigenvalue weighted by atomic mass is 79.9. The minimum Gasteiger partial charge on any atom is -0.481 e. The van der Waals surface area contributed by atoms with Crippen LogP contribution in [0.1, 0.15) is 5.56 Å². The van der Waals surface area contributed by atoms with Crippen molar-refractivity contribution in [1.82, 2.24) is 5.43 Å². The Morgan fingerprint density at radius 3 is 2.40 bits per heavy atom. The molecule has 2 aromatic rings. The number of ether oxygens (including phenoxy) is 1. The molecular weight excluding hydrogens is 584 g/mol. The summed E-state index contributed by atoms with van der Waals surface area (Å²) in [5, 5.41) is 3.89. The number of hydrazone groups is 1. The van der Waals surface area contributed by atoms with Crippen LogP contribution in [-0.2, 0) is 4.79 Å². The molecule has 0 atom stereocenters. The van der Waals surface area contributed by atoms with Gasteiger partial charge in [0.15, 0.2) is 6.61 Å². The Bertz CT molecular complexity index is 785. The number of benzene rings is 2. The molecule has 25 heavy (non-hydrogen) atoms. The predicted molar refractivity (Wildman–Crippen MR) is 115 cm³/mol. The SMILES string of the molecule is O=C(COc1c(Br)cc(Br)cc1Br)NN=CC(Br)=Cc1ccccc1. The van der Waals surface area contributed by atoms with Gasteiger partial charge in [-0.25, -0.2) is 5.43 Å². The van der Waals surface area contributed by atoms with E-state index in [0.29, 0.717) is 5.75 Å². The maximum absolute atomic E-state index is 11.8. The topological polar surface area (TPSA) is 50.7 Å². The summed E-state index contributed by atoms with van der Waals surface area (Å²) in [6.45, 7) is -0.157. The number of carbonyl (C=O) groups excluding carboxylic acids is 1. The highest BCUT2D eigenvalue weighted by Gasteiger charge is 2.10. The smallest absolute Gasteiger partial charge is 0.277 e. The zero-order valence-corrected chi connectivity index (χ0v) is 19.0. The van der Waals surface area contributed by atoms with Crippen LogP contribution in [0.15, 0.2) is 65.5 Å². The maximum atomic E-state index is 11.8. The Kier molecular flexibility index (Phi) is 8.35. The summed E-state index contributed by atoms with van der Waals surface area (Å²) >= 11 is 13.5. The molecule has 0 saturated carbocycles. The number of halogens is 4. The van der Waals surface area contributed by atoms with Crippen molar-refractivity contribution < 1.29 is 9.53 Å². The highest BCUT2D eigenvalue weighted by Crippen LogP contribution is 2.36. The van der Waals surface area contributed by atoms with Crippen LogP contribution < -0.4 is 10.2 Å². The number of nitrogens with zero attached hydrogens (tertiary/aromatic N) is 1. The first-order valence-electron chi connectivity index (χ1n) is 6.97. The van der Waals surface area contributed by atoms with E-state index in [0.717, 1.165) is 23.5 Å². The number of allylic oxidation sites excluding steroid dienone is 1. The molecule has 0 fully saturated rings. The van der Waals surface area contributed by atoms with E-state index in [2.05, 4.69) is 74.2 Å². The van der Waals surface area contributed by atoms with Gasteiger partial charge in [-0.15, -0.1) is 0 Å². The number of nitrogens with one attached hydrogen (secondary N) is 1. The lowest BCUT2D eigenvalue weighted by atomic mass is 10.2. The molecule has 2 rings (SSSR count). The van der Waals surface area contributed by atoms with Gasteiger partial charge in [0.25, 0.3) is 5.91 Å². The third-order valence-electron chi connectivity index (χ3n) is 2.79. The molecule has 0 saturated heterocycles. The Morgan fingerprint density at radius 2 is 1.76 bits per heavy atom. The van der Waals surface area contributed by atoms with E-state index >= 15 is 0 Å². The first-order chi connectivity index (χ1) is 12.0. The molecule has 0 aliphatic carbocycles. The van der Waals surface area contributed by atoms with Crippen molar-refractivity contribution in [1.29, 1.82) is 0 Å². The van der Waals surface area contributed by atoms with Gasteiger partial charge in [-0.05, 0) is 71.6 Å². The molecule has 1 amide bonds.